The molecule has 94 valence electrons. The molecule has 1 atom stereocenters. The van der Waals surface area contributed by atoms with E-state index in [1.54, 1.807) is 13.0 Å². The van der Waals surface area contributed by atoms with Crippen molar-refractivity contribution < 1.29 is 4.79 Å². The predicted octanol–water partition coefficient (Wildman–Crippen LogP) is 2.09. The highest BCUT2D eigenvalue weighted by Gasteiger charge is 2.11. The molecule has 0 radical (unpaired) electrons. The molecule has 1 heterocycles. The summed E-state index contributed by atoms with van der Waals surface area (Å²) in [6.07, 6.45) is 0.897. The number of halogens is 1. The van der Waals surface area contributed by atoms with Crippen LogP contribution in [0.1, 0.15) is 35.1 Å². The van der Waals surface area contributed by atoms with Crippen LogP contribution in [0.5, 0.6) is 0 Å². The van der Waals surface area contributed by atoms with Crippen LogP contribution in [0.15, 0.2) is 6.07 Å². The summed E-state index contributed by atoms with van der Waals surface area (Å²) >= 11 is 5.64. The van der Waals surface area contributed by atoms with Gasteiger partial charge in [0.1, 0.15) is 0 Å². The molecule has 17 heavy (non-hydrogen) atoms. The highest BCUT2D eigenvalue weighted by Crippen LogP contribution is 2.06. The van der Waals surface area contributed by atoms with Crippen molar-refractivity contribution >= 4 is 17.5 Å². The van der Waals surface area contributed by atoms with Crippen molar-refractivity contribution in [1.29, 1.82) is 0 Å². The fourth-order valence-corrected chi connectivity index (χ4v) is 1.80. The molecule has 1 N–H and O–H groups in total. The third-order valence-corrected chi connectivity index (χ3v) is 2.78. The summed E-state index contributed by atoms with van der Waals surface area (Å²) in [7, 11) is 0. The third kappa shape index (κ3) is 4.30. The SMILES string of the molecule is Cc1cc(C(=O)NCC(C)CCCl)c(C)nn1. The van der Waals surface area contributed by atoms with Crippen LogP contribution >= 0.6 is 11.6 Å². The maximum Gasteiger partial charge on any atom is 0.253 e. The standard InChI is InChI=1S/C12H18ClN3O/c1-8(4-5-13)7-14-12(17)11-6-9(2)15-16-10(11)3/h6,8H,4-5,7H2,1-3H3,(H,14,17). The van der Waals surface area contributed by atoms with Gasteiger partial charge in [-0.3, -0.25) is 4.79 Å². The Morgan fingerprint density at radius 3 is 2.82 bits per heavy atom. The monoisotopic (exact) mass is 255 g/mol. The smallest absolute Gasteiger partial charge is 0.253 e. The zero-order valence-electron chi connectivity index (χ0n) is 10.5. The van der Waals surface area contributed by atoms with Gasteiger partial charge in [0.2, 0.25) is 0 Å². The van der Waals surface area contributed by atoms with Gasteiger partial charge in [-0.1, -0.05) is 6.92 Å². The molecule has 1 rings (SSSR count). The first kappa shape index (κ1) is 13.9. The van der Waals surface area contributed by atoms with Crippen molar-refractivity contribution in [3.05, 3.63) is 23.0 Å². The Morgan fingerprint density at radius 1 is 1.47 bits per heavy atom. The lowest BCUT2D eigenvalue weighted by Crippen LogP contribution is -2.29. The maximum absolute atomic E-state index is 11.9. The quantitative estimate of drug-likeness (QED) is 0.820. The molecule has 1 aromatic rings. The highest BCUT2D eigenvalue weighted by molar-refractivity contribution is 6.17. The molecule has 0 saturated heterocycles. The second-order valence-electron chi connectivity index (χ2n) is 4.28. The number of nitrogens with zero attached hydrogens (tertiary/aromatic N) is 2. The molecule has 0 aliphatic carbocycles. The summed E-state index contributed by atoms with van der Waals surface area (Å²) in [6.45, 7) is 6.29. The molecule has 0 fully saturated rings. The van der Waals surface area contributed by atoms with Gasteiger partial charge in [-0.15, -0.1) is 11.6 Å². The molecule has 0 spiro atoms. The van der Waals surface area contributed by atoms with Gasteiger partial charge in [-0.05, 0) is 32.3 Å². The number of carbonyl (C=O) groups is 1. The van der Waals surface area contributed by atoms with Crippen LogP contribution in [0, 0.1) is 19.8 Å². The number of aromatic nitrogens is 2. The number of nitrogens with one attached hydrogen (secondary N) is 1. The lowest BCUT2D eigenvalue weighted by Gasteiger charge is -2.11. The topological polar surface area (TPSA) is 54.9 Å². The second kappa shape index (κ2) is 6.55. The maximum atomic E-state index is 11.9. The number of aryl methyl sites for hydroxylation is 2. The molecular formula is C12H18ClN3O. The normalized spacial score (nSPS) is 12.2. The summed E-state index contributed by atoms with van der Waals surface area (Å²) in [5, 5.41) is 10.7. The van der Waals surface area contributed by atoms with Crippen molar-refractivity contribution in [2.24, 2.45) is 5.92 Å². The minimum Gasteiger partial charge on any atom is -0.352 e. The Balaban J connectivity index is 2.61. The molecule has 1 amide bonds. The van der Waals surface area contributed by atoms with Gasteiger partial charge in [-0.25, -0.2) is 0 Å². The molecule has 1 unspecified atom stereocenters. The molecule has 0 aromatic carbocycles. The summed E-state index contributed by atoms with van der Waals surface area (Å²) in [6, 6.07) is 1.75. The number of alkyl halides is 1. The van der Waals surface area contributed by atoms with Crippen LogP contribution in [0.3, 0.4) is 0 Å². The minimum absolute atomic E-state index is 0.0954. The number of carbonyl (C=O) groups excluding carboxylic acids is 1. The van der Waals surface area contributed by atoms with E-state index in [1.165, 1.54) is 0 Å². The summed E-state index contributed by atoms with van der Waals surface area (Å²) < 4.78 is 0. The third-order valence-electron chi connectivity index (χ3n) is 2.56. The van der Waals surface area contributed by atoms with E-state index in [-0.39, 0.29) is 5.91 Å². The Hall–Kier alpha value is -1.16. The van der Waals surface area contributed by atoms with Gasteiger partial charge in [0.25, 0.3) is 5.91 Å². The van der Waals surface area contributed by atoms with Gasteiger partial charge in [0, 0.05) is 12.4 Å². The lowest BCUT2D eigenvalue weighted by molar-refractivity contribution is 0.0946. The van der Waals surface area contributed by atoms with Crippen LogP contribution in [0.2, 0.25) is 0 Å². The van der Waals surface area contributed by atoms with E-state index in [0.29, 0.717) is 29.6 Å². The van der Waals surface area contributed by atoms with E-state index < -0.39 is 0 Å². The Labute approximate surface area is 107 Å². The van der Waals surface area contributed by atoms with E-state index >= 15 is 0 Å². The zero-order valence-corrected chi connectivity index (χ0v) is 11.2. The van der Waals surface area contributed by atoms with E-state index in [1.807, 2.05) is 6.92 Å². The minimum atomic E-state index is -0.0954. The van der Waals surface area contributed by atoms with Crippen LogP contribution in [-0.2, 0) is 0 Å². The first-order valence-corrected chi connectivity index (χ1v) is 6.23. The van der Waals surface area contributed by atoms with Crippen LogP contribution in [0.4, 0.5) is 0 Å². The molecular weight excluding hydrogens is 238 g/mol. The van der Waals surface area contributed by atoms with Gasteiger partial charge < -0.3 is 5.32 Å². The van der Waals surface area contributed by atoms with E-state index in [2.05, 4.69) is 22.4 Å². The molecule has 4 nitrogen and oxygen atoms in total. The predicted molar refractivity (Wildman–Crippen MR) is 68.3 cm³/mol. The molecule has 0 aliphatic heterocycles. The van der Waals surface area contributed by atoms with Crippen molar-refractivity contribution in [2.45, 2.75) is 27.2 Å². The highest BCUT2D eigenvalue weighted by atomic mass is 35.5. The average molecular weight is 256 g/mol. The van der Waals surface area contributed by atoms with E-state index in [4.69, 9.17) is 11.6 Å². The van der Waals surface area contributed by atoms with E-state index in [9.17, 15) is 4.79 Å². The van der Waals surface area contributed by atoms with Gasteiger partial charge in [0.05, 0.1) is 17.0 Å². The molecule has 0 saturated carbocycles. The van der Waals surface area contributed by atoms with Crippen molar-refractivity contribution in [2.75, 3.05) is 12.4 Å². The first-order valence-electron chi connectivity index (χ1n) is 5.69. The number of hydrogen-bond donors (Lipinski definition) is 1. The molecule has 0 bridgehead atoms. The summed E-state index contributed by atoms with van der Waals surface area (Å²) in [4.78, 5) is 11.9. The van der Waals surface area contributed by atoms with Gasteiger partial charge >= 0.3 is 0 Å². The Morgan fingerprint density at radius 2 is 2.18 bits per heavy atom. The molecule has 0 aliphatic rings. The fraction of sp³-hybridized carbons (Fsp3) is 0.583. The number of amides is 1. The largest absolute Gasteiger partial charge is 0.352 e. The first-order chi connectivity index (χ1) is 8.04. The summed E-state index contributed by atoms with van der Waals surface area (Å²) in [5.74, 6) is 0.904. The molecule has 5 heteroatoms. The number of hydrogen-bond acceptors (Lipinski definition) is 3. The zero-order chi connectivity index (χ0) is 12.8. The molecule has 1 aromatic heterocycles. The lowest BCUT2D eigenvalue weighted by atomic mass is 10.1. The van der Waals surface area contributed by atoms with E-state index in [0.717, 1.165) is 12.1 Å². The Kier molecular flexibility index (Phi) is 5.35. The Bertz CT molecular complexity index is 395. The van der Waals surface area contributed by atoms with Gasteiger partial charge in [-0.2, -0.15) is 10.2 Å². The summed E-state index contributed by atoms with van der Waals surface area (Å²) in [5.41, 5.74) is 1.99. The fourth-order valence-electron chi connectivity index (χ4n) is 1.43. The van der Waals surface area contributed by atoms with Crippen molar-refractivity contribution in [3.63, 3.8) is 0 Å². The van der Waals surface area contributed by atoms with Crippen molar-refractivity contribution in [3.8, 4) is 0 Å². The average Bonchev–Trinajstić information content (AvgIpc) is 2.29. The van der Waals surface area contributed by atoms with Gasteiger partial charge in [0.15, 0.2) is 0 Å². The second-order valence-corrected chi connectivity index (χ2v) is 4.66. The van der Waals surface area contributed by atoms with Crippen molar-refractivity contribution in [1.82, 2.24) is 15.5 Å². The van der Waals surface area contributed by atoms with Crippen LogP contribution < -0.4 is 5.32 Å². The number of rotatable bonds is 5. The van der Waals surface area contributed by atoms with Crippen LogP contribution in [0.25, 0.3) is 0 Å². The van der Waals surface area contributed by atoms with Crippen LogP contribution in [-0.4, -0.2) is 28.5 Å².